The number of hydrogen-bond donors (Lipinski definition) is 3. The van der Waals surface area contributed by atoms with E-state index < -0.39 is 53.3 Å². The molecule has 3 N–H and O–H groups in total. The Bertz CT molecular complexity index is 1430. The Kier molecular flexibility index (Phi) is 9.71. The fourth-order valence-electron chi connectivity index (χ4n) is 7.01. The maximum atomic E-state index is 14.3. The van der Waals surface area contributed by atoms with Crippen LogP contribution < -0.4 is 16.0 Å². The Balaban J connectivity index is 1.22. The highest BCUT2D eigenvalue weighted by Crippen LogP contribution is 2.46. The lowest BCUT2D eigenvalue weighted by molar-refractivity contribution is -0.141. The van der Waals surface area contributed by atoms with Gasteiger partial charge >= 0.3 is 12.2 Å². The summed E-state index contributed by atoms with van der Waals surface area (Å²) in [5.74, 6) is -0.797. The number of alkyl carbamates (subject to hydrolysis) is 1. The molecule has 1 unspecified atom stereocenters. The number of ether oxygens (including phenoxy) is 2. The van der Waals surface area contributed by atoms with Crippen LogP contribution in [0.15, 0.2) is 36.4 Å². The summed E-state index contributed by atoms with van der Waals surface area (Å²) in [6.45, 7) is 6.65. The minimum absolute atomic E-state index is 0.0137. The van der Waals surface area contributed by atoms with E-state index in [9.17, 15) is 24.0 Å². The summed E-state index contributed by atoms with van der Waals surface area (Å²) in [6, 6.07) is 5.88. The van der Waals surface area contributed by atoms with E-state index in [-0.39, 0.29) is 24.8 Å². The molecule has 5 aliphatic rings. The van der Waals surface area contributed by atoms with Gasteiger partial charge in [0.05, 0.1) is 6.54 Å². The van der Waals surface area contributed by atoms with Gasteiger partial charge in [0.25, 0.3) is 0 Å². The predicted octanol–water partition coefficient (Wildman–Crippen LogP) is 3.92. The van der Waals surface area contributed by atoms with Gasteiger partial charge in [0.2, 0.25) is 17.7 Å². The van der Waals surface area contributed by atoms with E-state index in [2.05, 4.69) is 22.0 Å². The number of rotatable bonds is 5. The molecule has 2 aliphatic carbocycles. The van der Waals surface area contributed by atoms with E-state index in [4.69, 9.17) is 9.47 Å². The summed E-state index contributed by atoms with van der Waals surface area (Å²) in [4.78, 5) is 71.2. The topological polar surface area (TPSA) is 146 Å². The molecule has 260 valence electrons. The second-order valence-corrected chi connectivity index (χ2v) is 15.1. The van der Waals surface area contributed by atoms with Gasteiger partial charge in [-0.15, -0.1) is 0 Å². The summed E-state index contributed by atoms with van der Waals surface area (Å²) in [5, 5.41) is 8.84. The van der Waals surface area contributed by atoms with Crippen molar-refractivity contribution in [2.45, 2.75) is 121 Å². The quantitative estimate of drug-likeness (QED) is 0.405. The third-order valence-electron chi connectivity index (χ3n) is 9.95. The predicted molar refractivity (Wildman–Crippen MR) is 176 cm³/mol. The van der Waals surface area contributed by atoms with Crippen molar-refractivity contribution in [3.8, 4) is 0 Å². The van der Waals surface area contributed by atoms with Gasteiger partial charge in [0.1, 0.15) is 29.3 Å². The number of allylic oxidation sites excluding steroid dienone is 1. The van der Waals surface area contributed by atoms with Gasteiger partial charge in [0, 0.05) is 32.0 Å². The van der Waals surface area contributed by atoms with E-state index in [1.54, 1.807) is 25.7 Å². The van der Waals surface area contributed by atoms with E-state index >= 15 is 0 Å². The minimum atomic E-state index is -1.10. The zero-order valence-electron chi connectivity index (χ0n) is 28.3. The van der Waals surface area contributed by atoms with Crippen LogP contribution in [0.25, 0.3) is 0 Å². The summed E-state index contributed by atoms with van der Waals surface area (Å²) in [6.07, 6.45) is 8.40. The van der Waals surface area contributed by atoms with E-state index in [1.165, 1.54) is 4.90 Å². The molecule has 1 aromatic carbocycles. The molecule has 2 saturated carbocycles. The molecule has 3 fully saturated rings. The molecule has 3 heterocycles. The van der Waals surface area contributed by atoms with Crippen LogP contribution in [-0.2, 0) is 36.9 Å². The van der Waals surface area contributed by atoms with E-state index in [1.807, 2.05) is 30.3 Å². The van der Waals surface area contributed by atoms with Crippen LogP contribution in [0.5, 0.6) is 0 Å². The van der Waals surface area contributed by atoms with Crippen LogP contribution in [-0.4, -0.2) is 82.1 Å². The van der Waals surface area contributed by atoms with Gasteiger partial charge in [-0.2, -0.15) is 0 Å². The van der Waals surface area contributed by atoms with Crippen molar-refractivity contribution in [1.82, 2.24) is 25.8 Å². The largest absolute Gasteiger partial charge is 0.444 e. The third kappa shape index (κ3) is 7.95. The fourth-order valence-corrected chi connectivity index (χ4v) is 7.01. The second-order valence-electron chi connectivity index (χ2n) is 15.1. The number of hydrogen-bond acceptors (Lipinski definition) is 7. The Labute approximate surface area is 282 Å². The van der Waals surface area contributed by atoms with Crippen molar-refractivity contribution in [2.24, 2.45) is 11.8 Å². The lowest BCUT2D eigenvalue weighted by atomic mass is 10.0. The monoisotopic (exact) mass is 663 g/mol. The molecular weight excluding hydrogens is 614 g/mol. The molecule has 0 aromatic heterocycles. The Morgan fingerprint density at radius 3 is 2.44 bits per heavy atom. The zero-order valence-corrected chi connectivity index (χ0v) is 28.3. The van der Waals surface area contributed by atoms with E-state index in [0.717, 1.165) is 43.2 Å². The highest BCUT2D eigenvalue weighted by molar-refractivity contribution is 5.98. The fraction of sp³-hybridized carbons (Fsp3) is 0.639. The van der Waals surface area contributed by atoms with Gasteiger partial charge in [-0.1, -0.05) is 49.3 Å². The van der Waals surface area contributed by atoms with Crippen LogP contribution in [0.3, 0.4) is 0 Å². The standard InChI is InChI=1S/C36H49N5O7/c1-35(2,3)48-33(45)38-28-14-8-6-4-5-7-13-26-18-36(26,32(44)37-19-23-15-16-23)39-30(42)29-17-27(22-41(29)31(28)43)47-34(46)40-20-24-11-9-10-12-25(24)21-40/h7,9-13,23,26-29H,4-6,8,14-22H2,1-3H3,(H,37,44)(H,38,45)(H,39,42)/b13-7-/t26-,27+,28-,29?,36+/m0/s1. The van der Waals surface area contributed by atoms with E-state index in [0.29, 0.717) is 44.8 Å². The number of nitrogens with zero attached hydrogens (tertiary/aromatic N) is 2. The van der Waals surface area contributed by atoms with Crippen LogP contribution >= 0.6 is 0 Å². The first-order chi connectivity index (χ1) is 22.9. The van der Waals surface area contributed by atoms with Gasteiger partial charge in [0.15, 0.2) is 0 Å². The van der Waals surface area contributed by atoms with Gasteiger partial charge < -0.3 is 30.3 Å². The second kappa shape index (κ2) is 13.8. The molecule has 0 bridgehead atoms. The highest BCUT2D eigenvalue weighted by atomic mass is 16.6. The number of benzene rings is 1. The lowest BCUT2D eigenvalue weighted by Gasteiger charge is -2.30. The number of carbonyl (C=O) groups is 5. The number of amides is 5. The minimum Gasteiger partial charge on any atom is -0.444 e. The molecule has 1 aromatic rings. The molecule has 12 nitrogen and oxygen atoms in total. The van der Waals surface area contributed by atoms with Crippen LogP contribution in [0.4, 0.5) is 9.59 Å². The maximum absolute atomic E-state index is 14.3. The zero-order chi connectivity index (χ0) is 34.1. The first kappa shape index (κ1) is 33.8. The van der Waals surface area contributed by atoms with Crippen molar-refractivity contribution < 1.29 is 33.4 Å². The number of fused-ring (bicyclic) bond motifs is 3. The first-order valence-electron chi connectivity index (χ1n) is 17.5. The molecule has 1 saturated heterocycles. The van der Waals surface area contributed by atoms with Crippen molar-refractivity contribution in [1.29, 1.82) is 0 Å². The molecule has 6 rings (SSSR count). The van der Waals surface area contributed by atoms with Crippen LogP contribution in [0.2, 0.25) is 0 Å². The molecule has 12 heteroatoms. The molecule has 5 amide bonds. The molecule has 48 heavy (non-hydrogen) atoms. The van der Waals surface area contributed by atoms with Crippen molar-refractivity contribution in [3.63, 3.8) is 0 Å². The van der Waals surface area contributed by atoms with Crippen molar-refractivity contribution in [2.75, 3.05) is 13.1 Å². The Morgan fingerprint density at radius 2 is 1.75 bits per heavy atom. The van der Waals surface area contributed by atoms with Gasteiger partial charge in [-0.05, 0) is 76.3 Å². The first-order valence-corrected chi connectivity index (χ1v) is 17.5. The summed E-state index contributed by atoms with van der Waals surface area (Å²) >= 11 is 0. The highest BCUT2D eigenvalue weighted by Gasteiger charge is 2.61. The molecule has 3 aliphatic heterocycles. The van der Waals surface area contributed by atoms with Crippen molar-refractivity contribution in [3.05, 3.63) is 47.5 Å². The summed E-state index contributed by atoms with van der Waals surface area (Å²) < 4.78 is 11.4. The van der Waals surface area contributed by atoms with Gasteiger partial charge in [-0.25, -0.2) is 9.59 Å². The van der Waals surface area contributed by atoms with Gasteiger partial charge in [-0.3, -0.25) is 19.3 Å². The average Bonchev–Trinajstić information content (AvgIpc) is 3.89. The number of nitrogens with one attached hydrogen (secondary N) is 3. The van der Waals surface area contributed by atoms with Crippen LogP contribution in [0.1, 0.15) is 89.7 Å². The Morgan fingerprint density at radius 1 is 1.02 bits per heavy atom. The van der Waals surface area contributed by atoms with Crippen LogP contribution in [0, 0.1) is 11.8 Å². The molecule has 0 radical (unpaired) electrons. The SMILES string of the molecule is CC(C)(C)OC(=O)N[C@H]1CCCCC/C=C\[C@H]2C[C@@]2(C(=O)NCC2CC2)NC(=O)C2C[C@@H](OC(=O)N3Cc4ccccc4C3)CN2C1=O. The average molecular weight is 664 g/mol. The molecular formula is C36H49N5O7. The summed E-state index contributed by atoms with van der Waals surface area (Å²) in [7, 11) is 0. The number of carbonyl (C=O) groups excluding carboxylic acids is 5. The lowest BCUT2D eigenvalue weighted by Crippen LogP contribution is -2.58. The summed E-state index contributed by atoms with van der Waals surface area (Å²) in [5.41, 5.74) is 0.246. The molecule has 5 atom stereocenters. The normalized spacial score (nSPS) is 29.6. The molecule has 0 spiro atoms. The maximum Gasteiger partial charge on any atom is 0.410 e. The smallest absolute Gasteiger partial charge is 0.410 e. The third-order valence-corrected chi connectivity index (χ3v) is 9.95. The Hall–Kier alpha value is -4.09. The van der Waals surface area contributed by atoms with Crippen molar-refractivity contribution >= 4 is 29.9 Å².